The highest BCUT2D eigenvalue weighted by Gasteiger charge is 2.31. The van der Waals surface area contributed by atoms with Gasteiger partial charge in [0.25, 0.3) is 5.91 Å². The molecule has 2 aromatic rings. The molecular formula is C22H25F2N3O2S2. The quantitative estimate of drug-likeness (QED) is 0.632. The van der Waals surface area contributed by atoms with Crippen LogP contribution < -0.4 is 5.14 Å². The second kappa shape index (κ2) is 8.87. The number of halogens is 2. The second-order valence-electron chi connectivity index (χ2n) is 8.54. The molecule has 166 valence electrons. The fourth-order valence-corrected chi connectivity index (χ4v) is 5.63. The molecule has 31 heavy (non-hydrogen) atoms. The minimum Gasteiger partial charge on any atom is -0.385 e. The molecule has 0 bridgehead atoms. The van der Waals surface area contributed by atoms with E-state index in [1.165, 1.54) is 26.0 Å². The van der Waals surface area contributed by atoms with Gasteiger partial charge in [-0.2, -0.15) is 9.62 Å². The molecule has 5 nitrogen and oxygen atoms in total. The van der Waals surface area contributed by atoms with Gasteiger partial charge in [0.05, 0.1) is 17.6 Å². The maximum absolute atomic E-state index is 14.9. The summed E-state index contributed by atoms with van der Waals surface area (Å²) in [5.41, 5.74) is 0.478. The van der Waals surface area contributed by atoms with Crippen LogP contribution in [0.25, 0.3) is 0 Å². The average molecular weight is 466 g/mol. The van der Waals surface area contributed by atoms with Crippen molar-refractivity contribution in [2.45, 2.75) is 68.6 Å². The first kappa shape index (κ1) is 23.7. The number of nitriles is 1. The normalized spacial score (nSPS) is 15.4. The lowest BCUT2D eigenvalue weighted by Gasteiger charge is -2.18. The van der Waals surface area contributed by atoms with Crippen LogP contribution in [0.3, 0.4) is 0 Å². The summed E-state index contributed by atoms with van der Waals surface area (Å²) in [5.74, 6) is -1.82. The van der Waals surface area contributed by atoms with Gasteiger partial charge in [-0.3, -0.25) is 9.93 Å². The lowest BCUT2D eigenvalue weighted by atomic mass is 9.87. The van der Waals surface area contributed by atoms with E-state index in [0.29, 0.717) is 16.0 Å². The van der Waals surface area contributed by atoms with Crippen molar-refractivity contribution in [2.24, 2.45) is 9.50 Å². The van der Waals surface area contributed by atoms with E-state index in [1.807, 2.05) is 19.9 Å². The van der Waals surface area contributed by atoms with Crippen molar-refractivity contribution in [3.8, 4) is 6.07 Å². The molecule has 1 unspecified atom stereocenters. The topological polar surface area (TPSA) is 99.5 Å². The minimum atomic E-state index is -1.53. The summed E-state index contributed by atoms with van der Waals surface area (Å²) in [6.07, 6.45) is 1.69. The van der Waals surface area contributed by atoms with E-state index in [1.54, 1.807) is 0 Å². The van der Waals surface area contributed by atoms with Crippen LogP contribution in [0.15, 0.2) is 20.7 Å². The molecule has 3 N–H and O–H groups in total. The molecule has 1 aliphatic rings. The van der Waals surface area contributed by atoms with Gasteiger partial charge in [0.1, 0.15) is 21.9 Å². The van der Waals surface area contributed by atoms with E-state index in [2.05, 4.69) is 4.36 Å². The van der Waals surface area contributed by atoms with E-state index >= 15 is 0 Å². The van der Waals surface area contributed by atoms with Crippen molar-refractivity contribution in [2.75, 3.05) is 0 Å². The molecule has 1 fully saturated rings. The highest BCUT2D eigenvalue weighted by atomic mass is 32.2. The number of nitrogens with zero attached hydrogens (tertiary/aromatic N) is 2. The molecule has 9 heteroatoms. The van der Waals surface area contributed by atoms with Crippen LogP contribution in [0.1, 0.15) is 79.5 Å². The molecule has 1 saturated carbocycles. The zero-order valence-electron chi connectivity index (χ0n) is 17.8. The molecule has 1 aromatic carbocycles. The zero-order valence-corrected chi connectivity index (χ0v) is 19.5. The number of hydrogen-bond acceptors (Lipinski definition) is 4. The third kappa shape index (κ3) is 5.09. The molecule has 1 atom stereocenters. The molecule has 3 rings (SSSR count). The predicted molar refractivity (Wildman–Crippen MR) is 118 cm³/mol. The van der Waals surface area contributed by atoms with Crippen LogP contribution in [0.5, 0.6) is 0 Å². The number of nitrogens with two attached hydrogens (primary N) is 1. The average Bonchev–Trinajstić information content (AvgIpc) is 3.41. The summed E-state index contributed by atoms with van der Waals surface area (Å²) in [5, 5.41) is 25.4. The summed E-state index contributed by atoms with van der Waals surface area (Å²) in [7, 11) is -1.53. The van der Waals surface area contributed by atoms with Crippen LogP contribution in [-0.2, 0) is 27.7 Å². The summed E-state index contributed by atoms with van der Waals surface area (Å²) in [6.45, 7) is 6.69. The molecule has 0 radical (unpaired) electrons. The third-order valence-corrected chi connectivity index (χ3v) is 8.09. The maximum atomic E-state index is 14.9. The van der Waals surface area contributed by atoms with Gasteiger partial charge in [0.15, 0.2) is 0 Å². The van der Waals surface area contributed by atoms with Gasteiger partial charge in [-0.05, 0) is 67.3 Å². The molecule has 0 saturated heterocycles. The van der Waals surface area contributed by atoms with E-state index in [4.69, 9.17) is 5.14 Å². The zero-order chi connectivity index (χ0) is 23.1. The molecule has 1 aromatic heterocycles. The Balaban J connectivity index is 1.98. The van der Waals surface area contributed by atoms with Crippen molar-refractivity contribution in [3.05, 3.63) is 50.9 Å². The van der Waals surface area contributed by atoms with Crippen LogP contribution in [-0.4, -0.2) is 11.0 Å². The Morgan fingerprint density at radius 1 is 1.42 bits per heavy atom. The Morgan fingerprint density at radius 3 is 2.55 bits per heavy atom. The van der Waals surface area contributed by atoms with E-state index in [9.17, 15) is 23.9 Å². The molecule has 1 heterocycles. The fraction of sp³-hybridized carbons (Fsp3) is 0.455. The molecule has 1 amide bonds. The number of benzene rings is 1. The number of aliphatic hydroxyl groups is 1. The van der Waals surface area contributed by atoms with Gasteiger partial charge in [0.2, 0.25) is 0 Å². The summed E-state index contributed by atoms with van der Waals surface area (Å²) in [4.78, 5) is 13.1. The first-order valence-electron chi connectivity index (χ1n) is 9.94. The van der Waals surface area contributed by atoms with Gasteiger partial charge < -0.3 is 5.11 Å². The van der Waals surface area contributed by atoms with Crippen molar-refractivity contribution >= 4 is 28.1 Å². The SMILES string of the molecule is CC(C)c1c(F)c(C#N)cc(C2CC2)c1CC(=O)N=S(N)c1sc(C(C)(C)O)cc1F. The first-order chi connectivity index (χ1) is 14.4. The smallest absolute Gasteiger partial charge is 0.257 e. The van der Waals surface area contributed by atoms with Crippen LogP contribution in [0.4, 0.5) is 8.78 Å². The lowest BCUT2D eigenvalue weighted by molar-refractivity contribution is -0.117. The van der Waals surface area contributed by atoms with Gasteiger partial charge in [-0.25, -0.2) is 8.78 Å². The van der Waals surface area contributed by atoms with Crippen LogP contribution in [0, 0.1) is 23.0 Å². The number of thiophene rings is 1. The third-order valence-electron chi connectivity index (χ3n) is 5.14. The Labute approximate surface area is 187 Å². The first-order valence-corrected chi connectivity index (χ1v) is 12.0. The van der Waals surface area contributed by atoms with Gasteiger partial charge in [-0.15, -0.1) is 11.3 Å². The van der Waals surface area contributed by atoms with Crippen molar-refractivity contribution in [1.29, 1.82) is 5.26 Å². The Hall–Kier alpha value is -1.99. The number of rotatable bonds is 6. The highest BCUT2D eigenvalue weighted by Crippen LogP contribution is 2.44. The Bertz CT molecular complexity index is 1110. The van der Waals surface area contributed by atoms with Crippen molar-refractivity contribution in [3.63, 3.8) is 0 Å². The van der Waals surface area contributed by atoms with Crippen molar-refractivity contribution < 1.29 is 18.7 Å². The highest BCUT2D eigenvalue weighted by molar-refractivity contribution is 7.87. The van der Waals surface area contributed by atoms with Crippen molar-refractivity contribution in [1.82, 2.24) is 0 Å². The maximum Gasteiger partial charge on any atom is 0.257 e. The number of amides is 1. The van der Waals surface area contributed by atoms with Gasteiger partial charge in [0, 0.05) is 15.8 Å². The minimum absolute atomic E-state index is 0.0166. The van der Waals surface area contributed by atoms with E-state index < -0.39 is 34.0 Å². The van der Waals surface area contributed by atoms with Crippen LogP contribution in [0.2, 0.25) is 0 Å². The molecule has 1 aliphatic carbocycles. The van der Waals surface area contributed by atoms with Crippen LogP contribution >= 0.6 is 11.3 Å². The van der Waals surface area contributed by atoms with E-state index in [-0.39, 0.29) is 28.0 Å². The van der Waals surface area contributed by atoms with E-state index in [0.717, 1.165) is 29.7 Å². The Kier molecular flexibility index (Phi) is 6.77. The van der Waals surface area contributed by atoms with Gasteiger partial charge >= 0.3 is 0 Å². The number of hydrogen-bond donors (Lipinski definition) is 2. The monoisotopic (exact) mass is 465 g/mol. The second-order valence-corrected chi connectivity index (χ2v) is 11.1. The molecular weight excluding hydrogens is 440 g/mol. The summed E-state index contributed by atoms with van der Waals surface area (Å²) >= 11 is 0.977. The lowest BCUT2D eigenvalue weighted by Crippen LogP contribution is -2.13. The molecule has 0 aliphatic heterocycles. The predicted octanol–water partition coefficient (Wildman–Crippen LogP) is 4.93. The van der Waals surface area contributed by atoms with Gasteiger partial charge in [-0.1, -0.05) is 13.8 Å². The standard InChI is InChI=1S/C22H25F2N3O2S2/c1-11(2)19-15(14(12-5-6-12)7-13(10-25)20(19)24)8-18(28)27-31(26)21-16(23)9-17(30-21)22(3,4)29/h7,9,11-12,29H,5-6,8H2,1-4H3,(H2,26,27,28). The number of carbonyl (C=O) groups excluding carboxylic acids is 1. The summed E-state index contributed by atoms with van der Waals surface area (Å²) < 4.78 is 33.3. The summed E-state index contributed by atoms with van der Waals surface area (Å²) in [6, 6.07) is 4.65. The molecule has 0 spiro atoms. The largest absolute Gasteiger partial charge is 0.385 e. The Morgan fingerprint density at radius 2 is 2.06 bits per heavy atom. The number of carbonyl (C=O) groups is 1. The fourth-order valence-electron chi connectivity index (χ4n) is 3.51.